The molecule has 0 bridgehead atoms. The van der Waals surface area contributed by atoms with Gasteiger partial charge in [0, 0.05) is 25.4 Å². The molecule has 2 amide bonds. The van der Waals surface area contributed by atoms with Crippen molar-refractivity contribution in [2.45, 2.75) is 32.4 Å². The highest BCUT2D eigenvalue weighted by molar-refractivity contribution is 6.03. The number of carbonyl (C=O) groups is 2. The second-order valence-corrected chi connectivity index (χ2v) is 7.76. The summed E-state index contributed by atoms with van der Waals surface area (Å²) in [6, 6.07) is 4.97. The number of hydrogen-bond donors (Lipinski definition) is 1. The van der Waals surface area contributed by atoms with Gasteiger partial charge >= 0.3 is 6.09 Å². The van der Waals surface area contributed by atoms with E-state index >= 15 is 0 Å². The minimum atomic E-state index is -0.525. The van der Waals surface area contributed by atoms with Crippen molar-refractivity contribution in [3.05, 3.63) is 42.5 Å². The van der Waals surface area contributed by atoms with Crippen molar-refractivity contribution < 1.29 is 23.3 Å². The van der Waals surface area contributed by atoms with E-state index in [-0.39, 0.29) is 17.8 Å². The van der Waals surface area contributed by atoms with E-state index in [1.807, 2.05) is 20.8 Å². The van der Waals surface area contributed by atoms with Gasteiger partial charge in [-0.3, -0.25) is 9.48 Å². The summed E-state index contributed by atoms with van der Waals surface area (Å²) >= 11 is 0. The molecular formula is C19H21N5O5. The predicted molar refractivity (Wildman–Crippen MR) is 101 cm³/mol. The van der Waals surface area contributed by atoms with Crippen molar-refractivity contribution in [2.75, 3.05) is 18.4 Å². The fraction of sp³-hybridized carbons (Fsp3) is 0.368. The number of nitrogens with one attached hydrogen (secondary N) is 1. The molecule has 0 aliphatic carbocycles. The number of furan rings is 1. The van der Waals surface area contributed by atoms with Gasteiger partial charge in [0.15, 0.2) is 11.5 Å². The van der Waals surface area contributed by atoms with Gasteiger partial charge in [-0.25, -0.2) is 4.79 Å². The van der Waals surface area contributed by atoms with E-state index in [4.69, 9.17) is 13.7 Å². The maximum Gasteiger partial charge on any atom is 0.410 e. The zero-order valence-corrected chi connectivity index (χ0v) is 16.3. The van der Waals surface area contributed by atoms with Crippen LogP contribution in [-0.4, -0.2) is 50.5 Å². The van der Waals surface area contributed by atoms with Crippen LogP contribution in [-0.2, 0) is 4.74 Å². The lowest BCUT2D eigenvalue weighted by Crippen LogP contribution is -2.52. The van der Waals surface area contributed by atoms with Crippen molar-refractivity contribution in [3.63, 3.8) is 0 Å². The third-order valence-electron chi connectivity index (χ3n) is 4.25. The average molecular weight is 399 g/mol. The highest BCUT2D eigenvalue weighted by Gasteiger charge is 2.35. The van der Waals surface area contributed by atoms with E-state index in [0.717, 1.165) is 0 Å². The van der Waals surface area contributed by atoms with Crippen LogP contribution in [0.25, 0.3) is 11.5 Å². The molecule has 0 unspecified atom stereocenters. The van der Waals surface area contributed by atoms with Crippen LogP contribution in [0.3, 0.4) is 0 Å². The topological polar surface area (TPSA) is 116 Å². The van der Waals surface area contributed by atoms with Crippen molar-refractivity contribution in [2.24, 2.45) is 0 Å². The summed E-state index contributed by atoms with van der Waals surface area (Å²) in [4.78, 5) is 26.0. The van der Waals surface area contributed by atoms with Crippen LogP contribution in [0.15, 0.2) is 45.8 Å². The SMILES string of the molecule is CC(C)(C)OC(=O)N1CC(n2cc(NC(=O)c3cc(-c4ccco4)on3)cn2)C1. The Bertz CT molecular complexity index is 1010. The van der Waals surface area contributed by atoms with Crippen LogP contribution >= 0.6 is 0 Å². The molecule has 29 heavy (non-hydrogen) atoms. The van der Waals surface area contributed by atoms with Crippen molar-refractivity contribution in [3.8, 4) is 11.5 Å². The molecule has 10 nitrogen and oxygen atoms in total. The Morgan fingerprint density at radius 2 is 2.07 bits per heavy atom. The summed E-state index contributed by atoms with van der Waals surface area (Å²) in [6.07, 6.45) is 4.42. The number of anilines is 1. The number of amides is 2. The standard InChI is InChI=1S/C19H21N5O5/c1-19(2,3)28-18(26)23-10-13(11-23)24-9-12(8-20-24)21-17(25)14-7-16(29-22-14)15-5-4-6-27-15/h4-9,13H,10-11H2,1-3H3,(H,21,25). The normalized spacial score (nSPS) is 14.5. The minimum Gasteiger partial charge on any atom is -0.461 e. The smallest absolute Gasteiger partial charge is 0.410 e. The highest BCUT2D eigenvalue weighted by Crippen LogP contribution is 2.25. The van der Waals surface area contributed by atoms with Gasteiger partial charge < -0.3 is 23.9 Å². The first-order valence-electron chi connectivity index (χ1n) is 9.12. The molecule has 1 fully saturated rings. The number of rotatable bonds is 4. The van der Waals surface area contributed by atoms with Crippen LogP contribution in [0.4, 0.5) is 10.5 Å². The average Bonchev–Trinajstić information content (AvgIpc) is 3.33. The van der Waals surface area contributed by atoms with Gasteiger partial charge in [-0.05, 0) is 32.9 Å². The van der Waals surface area contributed by atoms with E-state index in [2.05, 4.69) is 15.6 Å². The molecule has 10 heteroatoms. The summed E-state index contributed by atoms with van der Waals surface area (Å²) in [5.74, 6) is 0.437. The molecular weight excluding hydrogens is 378 g/mol. The summed E-state index contributed by atoms with van der Waals surface area (Å²) < 4.78 is 17.4. The highest BCUT2D eigenvalue weighted by atomic mass is 16.6. The zero-order chi connectivity index (χ0) is 20.6. The zero-order valence-electron chi connectivity index (χ0n) is 16.3. The lowest BCUT2D eigenvalue weighted by atomic mass is 10.1. The largest absolute Gasteiger partial charge is 0.461 e. The molecule has 1 aliphatic heterocycles. The Labute approximate surface area is 166 Å². The summed E-state index contributed by atoms with van der Waals surface area (Å²) in [7, 11) is 0. The van der Waals surface area contributed by atoms with Crippen molar-refractivity contribution >= 4 is 17.7 Å². The van der Waals surface area contributed by atoms with E-state index in [1.165, 1.54) is 12.3 Å². The lowest BCUT2D eigenvalue weighted by Gasteiger charge is -2.39. The van der Waals surface area contributed by atoms with Gasteiger partial charge in [-0.2, -0.15) is 5.10 Å². The first kappa shape index (κ1) is 18.8. The summed E-state index contributed by atoms with van der Waals surface area (Å²) in [5.41, 5.74) is 0.126. The van der Waals surface area contributed by atoms with E-state index < -0.39 is 11.5 Å². The molecule has 0 radical (unpaired) electrons. The molecule has 152 valence electrons. The molecule has 0 spiro atoms. The second-order valence-electron chi connectivity index (χ2n) is 7.76. The fourth-order valence-electron chi connectivity index (χ4n) is 2.81. The predicted octanol–water partition coefficient (Wildman–Crippen LogP) is 3.18. The Morgan fingerprint density at radius 3 is 2.76 bits per heavy atom. The number of hydrogen-bond acceptors (Lipinski definition) is 7. The van der Waals surface area contributed by atoms with Gasteiger partial charge in [-0.1, -0.05) is 5.16 Å². The fourth-order valence-corrected chi connectivity index (χ4v) is 2.81. The van der Waals surface area contributed by atoms with Crippen LogP contribution in [0.2, 0.25) is 0 Å². The van der Waals surface area contributed by atoms with Gasteiger partial charge in [0.05, 0.1) is 24.2 Å². The van der Waals surface area contributed by atoms with Crippen LogP contribution < -0.4 is 5.32 Å². The van der Waals surface area contributed by atoms with Crippen molar-refractivity contribution in [1.29, 1.82) is 0 Å². The van der Waals surface area contributed by atoms with Crippen LogP contribution in [0.5, 0.6) is 0 Å². The molecule has 1 aliphatic rings. The molecule has 4 heterocycles. The number of ether oxygens (including phenoxy) is 1. The second kappa shape index (κ2) is 7.12. The Morgan fingerprint density at radius 1 is 1.28 bits per heavy atom. The molecule has 0 aromatic carbocycles. The number of likely N-dealkylation sites (tertiary alicyclic amines) is 1. The quantitative estimate of drug-likeness (QED) is 0.716. The molecule has 1 saturated heterocycles. The van der Waals surface area contributed by atoms with E-state index in [0.29, 0.717) is 30.3 Å². The third-order valence-corrected chi connectivity index (χ3v) is 4.25. The van der Waals surface area contributed by atoms with Gasteiger partial charge in [0.25, 0.3) is 5.91 Å². The molecule has 1 N–H and O–H groups in total. The van der Waals surface area contributed by atoms with Crippen LogP contribution in [0.1, 0.15) is 37.3 Å². The summed E-state index contributed by atoms with van der Waals surface area (Å²) in [5, 5.41) is 10.8. The molecule has 3 aromatic rings. The van der Waals surface area contributed by atoms with Crippen LogP contribution in [0, 0.1) is 0 Å². The monoisotopic (exact) mass is 399 g/mol. The molecule has 3 aromatic heterocycles. The number of nitrogens with zero attached hydrogens (tertiary/aromatic N) is 4. The minimum absolute atomic E-state index is 0.0331. The van der Waals surface area contributed by atoms with E-state index in [9.17, 15) is 9.59 Å². The molecule has 0 saturated carbocycles. The first-order valence-corrected chi connectivity index (χ1v) is 9.12. The van der Waals surface area contributed by atoms with Gasteiger partial charge in [0.1, 0.15) is 5.60 Å². The van der Waals surface area contributed by atoms with Gasteiger partial charge in [0.2, 0.25) is 5.76 Å². The van der Waals surface area contributed by atoms with Crippen molar-refractivity contribution in [1.82, 2.24) is 19.8 Å². The Kier molecular flexibility index (Phi) is 4.61. The lowest BCUT2D eigenvalue weighted by molar-refractivity contribution is -0.000382. The maximum absolute atomic E-state index is 12.4. The molecule has 4 rings (SSSR count). The first-order chi connectivity index (χ1) is 13.8. The van der Waals surface area contributed by atoms with E-state index in [1.54, 1.807) is 34.1 Å². The Balaban J connectivity index is 1.32. The maximum atomic E-state index is 12.4. The third kappa shape index (κ3) is 4.15. The molecule has 0 atom stereocenters. The van der Waals surface area contributed by atoms with Gasteiger partial charge in [-0.15, -0.1) is 0 Å². The Hall–Kier alpha value is -3.56. The number of aromatic nitrogens is 3. The number of carbonyl (C=O) groups excluding carboxylic acids is 2. The summed E-state index contributed by atoms with van der Waals surface area (Å²) in [6.45, 7) is 6.49.